The zero-order valence-corrected chi connectivity index (χ0v) is 20.2. The van der Waals surface area contributed by atoms with Gasteiger partial charge in [0.1, 0.15) is 21.7 Å². The molecule has 3 heterocycles. The molecule has 8 nitrogen and oxygen atoms in total. The van der Waals surface area contributed by atoms with Crippen molar-refractivity contribution in [2.75, 3.05) is 0 Å². The second-order valence-electron chi connectivity index (χ2n) is 8.09. The molecule has 174 valence electrons. The Morgan fingerprint density at radius 1 is 1.09 bits per heavy atom. The van der Waals surface area contributed by atoms with Gasteiger partial charge in [-0.2, -0.15) is 13.1 Å². The summed E-state index contributed by atoms with van der Waals surface area (Å²) in [6, 6.07) is 14.5. The number of aromatic amines is 1. The maximum atomic E-state index is 14.0. The van der Waals surface area contributed by atoms with E-state index in [2.05, 4.69) is 20.7 Å². The smallest absolute Gasteiger partial charge is 0.252 e. The fourth-order valence-corrected chi connectivity index (χ4v) is 6.35. The number of pyridine rings is 1. The Hall–Kier alpha value is -3.34. The van der Waals surface area contributed by atoms with Crippen LogP contribution in [0.4, 0.5) is 0 Å². The van der Waals surface area contributed by atoms with Crippen molar-refractivity contribution in [2.45, 2.75) is 38.3 Å². The SMILES string of the molecule is CCc1ccc2[nH]c(=O)c(CN(Cc3ccco3)S(=O)(=O)c3c(C)ccc4nsnc34)cc2c1. The van der Waals surface area contributed by atoms with Gasteiger partial charge in [0.25, 0.3) is 5.56 Å². The second-order valence-corrected chi connectivity index (χ2v) is 10.5. The number of furan rings is 1. The van der Waals surface area contributed by atoms with Gasteiger partial charge in [-0.15, -0.1) is 0 Å². The molecule has 0 aliphatic rings. The maximum absolute atomic E-state index is 14.0. The molecule has 0 saturated heterocycles. The van der Waals surface area contributed by atoms with Crippen molar-refractivity contribution in [3.8, 4) is 0 Å². The van der Waals surface area contributed by atoms with Crippen molar-refractivity contribution in [1.82, 2.24) is 18.0 Å². The number of nitrogens with one attached hydrogen (secondary N) is 1. The molecule has 0 fully saturated rings. The molecule has 0 aliphatic heterocycles. The number of sulfonamides is 1. The van der Waals surface area contributed by atoms with E-state index in [1.807, 2.05) is 18.2 Å². The van der Waals surface area contributed by atoms with E-state index >= 15 is 0 Å². The lowest BCUT2D eigenvalue weighted by atomic mass is 10.1. The molecule has 10 heteroatoms. The fraction of sp³-hybridized carbons (Fsp3) is 0.208. The van der Waals surface area contributed by atoms with Crippen LogP contribution >= 0.6 is 11.7 Å². The molecule has 0 aliphatic carbocycles. The van der Waals surface area contributed by atoms with Gasteiger partial charge in [0, 0.05) is 17.6 Å². The summed E-state index contributed by atoms with van der Waals surface area (Å²) in [5.41, 5.74) is 3.25. The van der Waals surface area contributed by atoms with E-state index in [-0.39, 0.29) is 23.5 Å². The highest BCUT2D eigenvalue weighted by Gasteiger charge is 2.31. The molecule has 2 aromatic carbocycles. The highest BCUT2D eigenvalue weighted by Crippen LogP contribution is 2.30. The molecule has 0 saturated carbocycles. The van der Waals surface area contributed by atoms with Crippen LogP contribution in [0, 0.1) is 6.92 Å². The van der Waals surface area contributed by atoms with Crippen LogP contribution in [0.25, 0.3) is 21.9 Å². The number of aromatic nitrogens is 3. The molecule has 3 aromatic heterocycles. The number of fused-ring (bicyclic) bond motifs is 2. The topological polar surface area (TPSA) is 109 Å². The minimum Gasteiger partial charge on any atom is -0.468 e. The quantitative estimate of drug-likeness (QED) is 0.359. The number of rotatable bonds is 7. The number of benzene rings is 2. The average Bonchev–Trinajstić information content (AvgIpc) is 3.50. The second kappa shape index (κ2) is 8.79. The minimum atomic E-state index is -4.06. The molecule has 1 N–H and O–H groups in total. The van der Waals surface area contributed by atoms with Crippen LogP contribution in [0.15, 0.2) is 68.9 Å². The van der Waals surface area contributed by atoms with Crippen LogP contribution in [-0.2, 0) is 29.5 Å². The molecular formula is C24H22N4O4S2. The summed E-state index contributed by atoms with van der Waals surface area (Å²) in [6.07, 6.45) is 2.35. The first kappa shape index (κ1) is 22.5. The highest BCUT2D eigenvalue weighted by molar-refractivity contribution is 7.89. The number of hydrogen-bond acceptors (Lipinski definition) is 7. The van der Waals surface area contributed by atoms with Gasteiger partial charge in [-0.25, -0.2) is 8.42 Å². The lowest BCUT2D eigenvalue weighted by molar-refractivity contribution is 0.358. The van der Waals surface area contributed by atoms with E-state index in [0.717, 1.165) is 29.1 Å². The first-order valence-corrected chi connectivity index (χ1v) is 12.9. The summed E-state index contributed by atoms with van der Waals surface area (Å²) < 4.78 is 43.1. The third kappa shape index (κ3) is 4.04. The van der Waals surface area contributed by atoms with Gasteiger partial charge in [0.05, 0.1) is 24.5 Å². The van der Waals surface area contributed by atoms with Crippen LogP contribution < -0.4 is 5.56 Å². The monoisotopic (exact) mass is 494 g/mol. The van der Waals surface area contributed by atoms with Gasteiger partial charge in [-0.1, -0.05) is 19.1 Å². The van der Waals surface area contributed by atoms with Crippen LogP contribution in [0.2, 0.25) is 0 Å². The summed E-state index contributed by atoms with van der Waals surface area (Å²) in [4.78, 5) is 15.9. The Kier molecular flexibility index (Phi) is 5.80. The van der Waals surface area contributed by atoms with Gasteiger partial charge in [-0.3, -0.25) is 4.79 Å². The number of nitrogens with zero attached hydrogens (tertiary/aromatic N) is 3. The zero-order valence-electron chi connectivity index (χ0n) is 18.6. The Morgan fingerprint density at radius 2 is 1.94 bits per heavy atom. The Morgan fingerprint density at radius 3 is 2.71 bits per heavy atom. The zero-order chi connectivity index (χ0) is 23.9. The number of aryl methyl sites for hydroxylation is 2. The van der Waals surface area contributed by atoms with Crippen molar-refractivity contribution in [2.24, 2.45) is 0 Å². The van der Waals surface area contributed by atoms with Crippen molar-refractivity contribution in [3.05, 3.63) is 87.6 Å². The average molecular weight is 495 g/mol. The van der Waals surface area contributed by atoms with Crippen LogP contribution in [0.3, 0.4) is 0 Å². The summed E-state index contributed by atoms with van der Waals surface area (Å²) in [5, 5.41) is 0.853. The molecule has 0 atom stereocenters. The molecular weight excluding hydrogens is 472 g/mol. The number of H-pyrrole nitrogens is 1. The first-order valence-electron chi connectivity index (χ1n) is 10.8. The highest BCUT2D eigenvalue weighted by atomic mass is 32.2. The van der Waals surface area contributed by atoms with Crippen LogP contribution in [-0.4, -0.2) is 26.5 Å². The molecule has 0 unspecified atom stereocenters. The lowest BCUT2D eigenvalue weighted by Crippen LogP contribution is -2.33. The third-order valence-corrected chi connectivity index (χ3v) is 8.34. The Balaban J connectivity index is 1.63. The summed E-state index contributed by atoms with van der Waals surface area (Å²) in [7, 11) is -4.06. The van der Waals surface area contributed by atoms with Crippen molar-refractivity contribution in [3.63, 3.8) is 0 Å². The van der Waals surface area contributed by atoms with E-state index in [0.29, 0.717) is 33.4 Å². The van der Waals surface area contributed by atoms with Gasteiger partial charge in [0.2, 0.25) is 10.0 Å². The third-order valence-electron chi connectivity index (χ3n) is 5.83. The van der Waals surface area contributed by atoms with E-state index in [1.54, 1.807) is 37.3 Å². The standard InChI is InChI=1S/C24H22N4O4S2/c1-3-16-7-9-20-17(11-16)12-18(24(29)25-20)13-28(14-19-5-4-10-32-19)34(30,31)23-15(2)6-8-21-22(23)27-33-26-21/h4-12H,3,13-14H2,1-2H3,(H,25,29). The van der Waals surface area contributed by atoms with Crippen molar-refractivity contribution in [1.29, 1.82) is 0 Å². The van der Waals surface area contributed by atoms with E-state index < -0.39 is 10.0 Å². The number of hydrogen-bond donors (Lipinski definition) is 1. The van der Waals surface area contributed by atoms with Crippen molar-refractivity contribution < 1.29 is 12.8 Å². The van der Waals surface area contributed by atoms with Gasteiger partial charge >= 0.3 is 0 Å². The van der Waals surface area contributed by atoms with E-state index in [1.165, 1.54) is 10.6 Å². The van der Waals surface area contributed by atoms with Gasteiger partial charge in [-0.05, 0) is 66.3 Å². The predicted molar refractivity (Wildman–Crippen MR) is 131 cm³/mol. The van der Waals surface area contributed by atoms with Crippen LogP contribution in [0.1, 0.15) is 29.4 Å². The van der Waals surface area contributed by atoms with Gasteiger partial charge < -0.3 is 9.40 Å². The molecule has 5 aromatic rings. The fourth-order valence-electron chi connectivity index (χ4n) is 4.01. The normalized spacial score (nSPS) is 12.2. The summed E-state index contributed by atoms with van der Waals surface area (Å²) >= 11 is 0.964. The molecule has 5 rings (SSSR count). The van der Waals surface area contributed by atoms with Crippen LogP contribution in [0.5, 0.6) is 0 Å². The van der Waals surface area contributed by atoms with Crippen molar-refractivity contribution >= 4 is 43.7 Å². The summed E-state index contributed by atoms with van der Waals surface area (Å²) in [6.45, 7) is 3.63. The molecule has 34 heavy (non-hydrogen) atoms. The molecule has 0 amide bonds. The van der Waals surface area contributed by atoms with E-state index in [4.69, 9.17) is 4.42 Å². The molecule has 0 spiro atoms. The maximum Gasteiger partial charge on any atom is 0.252 e. The Bertz CT molecular complexity index is 1650. The predicted octanol–water partition coefficient (Wildman–Crippen LogP) is 4.39. The van der Waals surface area contributed by atoms with Gasteiger partial charge in [0.15, 0.2) is 0 Å². The summed E-state index contributed by atoms with van der Waals surface area (Å²) in [5.74, 6) is 0.468. The molecule has 0 bridgehead atoms. The minimum absolute atomic E-state index is 0.0325. The first-order chi connectivity index (χ1) is 16.4. The Labute approximate surface area is 200 Å². The molecule has 0 radical (unpaired) electrons. The largest absolute Gasteiger partial charge is 0.468 e. The lowest BCUT2D eigenvalue weighted by Gasteiger charge is -2.22. The van der Waals surface area contributed by atoms with E-state index in [9.17, 15) is 13.2 Å².